The smallest absolute Gasteiger partial charge is 0.254 e. The average Bonchev–Trinajstić information content (AvgIpc) is 3.02. The van der Waals surface area contributed by atoms with Gasteiger partial charge in [0.1, 0.15) is 11.6 Å². The Labute approximate surface area is 156 Å². The van der Waals surface area contributed by atoms with Gasteiger partial charge in [-0.1, -0.05) is 32.0 Å². The topological polar surface area (TPSA) is 46.9 Å². The Morgan fingerprint density at radius 1 is 1.11 bits per heavy atom. The molecule has 0 aliphatic carbocycles. The molecule has 0 atom stereocenters. The summed E-state index contributed by atoms with van der Waals surface area (Å²) in [4.78, 5) is 12.6. The van der Waals surface area contributed by atoms with E-state index in [0.29, 0.717) is 22.5 Å². The van der Waals surface area contributed by atoms with Crippen LogP contribution in [-0.2, 0) is 5.41 Å². The number of carbonyl (C=O) groups excluding carboxylic acids is 1. The Balaban J connectivity index is 1.75. The van der Waals surface area contributed by atoms with Crippen LogP contribution in [0.15, 0.2) is 54.7 Å². The number of benzene rings is 2. The predicted molar refractivity (Wildman–Crippen MR) is 100 cm³/mol. The van der Waals surface area contributed by atoms with Crippen LogP contribution in [0.3, 0.4) is 0 Å². The van der Waals surface area contributed by atoms with Crippen molar-refractivity contribution < 1.29 is 13.6 Å². The van der Waals surface area contributed by atoms with Crippen molar-refractivity contribution in [3.05, 3.63) is 83.2 Å². The summed E-state index contributed by atoms with van der Waals surface area (Å²) in [6, 6.07) is 12.4. The van der Waals surface area contributed by atoms with Gasteiger partial charge in [0.25, 0.3) is 5.91 Å². The van der Waals surface area contributed by atoms with Crippen LogP contribution in [0.1, 0.15) is 35.5 Å². The highest BCUT2D eigenvalue weighted by molar-refractivity contribution is 5.95. The molecule has 4 nitrogen and oxygen atoms in total. The second-order valence-corrected chi connectivity index (χ2v) is 7.08. The third kappa shape index (κ3) is 3.89. The molecule has 27 heavy (non-hydrogen) atoms. The normalized spacial score (nSPS) is 11.4. The lowest BCUT2D eigenvalue weighted by Gasteiger charge is -2.26. The minimum Gasteiger partial charge on any atom is -0.351 e. The fourth-order valence-electron chi connectivity index (χ4n) is 2.98. The van der Waals surface area contributed by atoms with Crippen molar-refractivity contribution in [2.75, 3.05) is 6.54 Å². The van der Waals surface area contributed by atoms with E-state index in [9.17, 15) is 13.6 Å². The number of nitrogens with one attached hydrogen (secondary N) is 1. The van der Waals surface area contributed by atoms with Gasteiger partial charge in [-0.15, -0.1) is 0 Å². The summed E-state index contributed by atoms with van der Waals surface area (Å²) >= 11 is 0. The molecular formula is C21H21F2N3O. The second-order valence-electron chi connectivity index (χ2n) is 7.08. The zero-order valence-corrected chi connectivity index (χ0v) is 15.5. The summed E-state index contributed by atoms with van der Waals surface area (Å²) in [6.45, 7) is 5.79. The van der Waals surface area contributed by atoms with Crippen LogP contribution in [0.2, 0.25) is 0 Å². The Hall–Kier alpha value is -3.02. The zero-order valence-electron chi connectivity index (χ0n) is 15.5. The lowest BCUT2D eigenvalue weighted by molar-refractivity contribution is 0.0944. The quantitative estimate of drug-likeness (QED) is 0.734. The summed E-state index contributed by atoms with van der Waals surface area (Å²) in [6.07, 6.45) is 1.48. The molecule has 0 aliphatic rings. The van der Waals surface area contributed by atoms with E-state index in [1.54, 1.807) is 41.9 Å². The molecular weight excluding hydrogens is 348 g/mol. The van der Waals surface area contributed by atoms with Crippen molar-refractivity contribution in [1.82, 2.24) is 15.1 Å². The summed E-state index contributed by atoms with van der Waals surface area (Å²) in [5.41, 5.74) is 1.71. The minimum atomic E-state index is -0.568. The maximum absolute atomic E-state index is 14.1. The number of nitrogens with zero attached hydrogens (tertiary/aromatic N) is 2. The van der Waals surface area contributed by atoms with E-state index in [-0.39, 0.29) is 24.1 Å². The Kier molecular flexibility index (Phi) is 5.08. The number of carbonyl (C=O) groups is 1. The van der Waals surface area contributed by atoms with Gasteiger partial charge >= 0.3 is 0 Å². The van der Waals surface area contributed by atoms with E-state index < -0.39 is 5.41 Å². The van der Waals surface area contributed by atoms with Gasteiger partial charge in [-0.2, -0.15) is 5.10 Å². The van der Waals surface area contributed by atoms with E-state index in [4.69, 9.17) is 0 Å². The molecule has 1 heterocycles. The highest BCUT2D eigenvalue weighted by Crippen LogP contribution is 2.25. The van der Waals surface area contributed by atoms with Crippen LogP contribution >= 0.6 is 0 Å². The van der Waals surface area contributed by atoms with Crippen LogP contribution in [0.4, 0.5) is 8.78 Å². The minimum absolute atomic E-state index is 0.272. The first-order valence-corrected chi connectivity index (χ1v) is 8.63. The van der Waals surface area contributed by atoms with Crippen LogP contribution < -0.4 is 5.32 Å². The molecule has 0 saturated carbocycles. The second kappa shape index (κ2) is 7.31. The van der Waals surface area contributed by atoms with Crippen molar-refractivity contribution in [2.45, 2.75) is 26.2 Å². The average molecular weight is 369 g/mol. The molecule has 3 aromatic rings. The molecule has 140 valence electrons. The lowest BCUT2D eigenvalue weighted by Crippen LogP contribution is -2.37. The van der Waals surface area contributed by atoms with Gasteiger partial charge in [-0.3, -0.25) is 4.79 Å². The van der Waals surface area contributed by atoms with Crippen LogP contribution in [0.5, 0.6) is 0 Å². The molecule has 2 aromatic carbocycles. The number of rotatable bonds is 5. The van der Waals surface area contributed by atoms with Gasteiger partial charge in [0.15, 0.2) is 0 Å². The molecule has 0 bridgehead atoms. The van der Waals surface area contributed by atoms with E-state index in [2.05, 4.69) is 10.4 Å². The third-order valence-electron chi connectivity index (χ3n) is 4.62. The van der Waals surface area contributed by atoms with Gasteiger partial charge in [-0.05, 0) is 42.8 Å². The zero-order chi connectivity index (χ0) is 19.6. The van der Waals surface area contributed by atoms with Crippen LogP contribution in [0, 0.1) is 18.6 Å². The first kappa shape index (κ1) is 18.8. The number of hydrogen-bond donors (Lipinski definition) is 1. The summed E-state index contributed by atoms with van der Waals surface area (Å²) in [5, 5.41) is 7.09. The van der Waals surface area contributed by atoms with Gasteiger partial charge in [0.05, 0.1) is 23.1 Å². The number of aromatic nitrogens is 2. The largest absolute Gasteiger partial charge is 0.351 e. The molecule has 6 heteroatoms. The van der Waals surface area contributed by atoms with Crippen molar-refractivity contribution >= 4 is 5.91 Å². The highest BCUT2D eigenvalue weighted by Gasteiger charge is 2.25. The molecule has 0 fully saturated rings. The third-order valence-corrected chi connectivity index (χ3v) is 4.62. The molecule has 1 N–H and O–H groups in total. The Morgan fingerprint density at radius 3 is 2.44 bits per heavy atom. The summed E-state index contributed by atoms with van der Waals surface area (Å²) in [5.74, 6) is -0.917. The summed E-state index contributed by atoms with van der Waals surface area (Å²) < 4.78 is 28.7. The molecule has 0 aliphatic heterocycles. The van der Waals surface area contributed by atoms with E-state index in [1.807, 2.05) is 13.8 Å². The molecule has 1 amide bonds. The monoisotopic (exact) mass is 369 g/mol. The predicted octanol–water partition coefficient (Wildman–Crippen LogP) is 4.17. The Bertz CT molecular complexity index is 962. The summed E-state index contributed by atoms with van der Waals surface area (Å²) in [7, 11) is 0. The van der Waals surface area contributed by atoms with Gasteiger partial charge in [0.2, 0.25) is 0 Å². The first-order chi connectivity index (χ1) is 12.8. The highest BCUT2D eigenvalue weighted by atomic mass is 19.1. The van der Waals surface area contributed by atoms with Crippen LogP contribution in [-0.4, -0.2) is 22.2 Å². The standard InChI is InChI=1S/C21H21F2N3O/c1-14-17(12-25-26(14)16-10-8-15(22)9-11-16)20(27)24-13-21(2,3)18-6-4-5-7-19(18)23/h4-12H,13H2,1-3H3,(H,24,27). The maximum Gasteiger partial charge on any atom is 0.254 e. The van der Waals surface area contributed by atoms with Crippen molar-refractivity contribution in [2.24, 2.45) is 0 Å². The van der Waals surface area contributed by atoms with E-state index in [0.717, 1.165) is 0 Å². The van der Waals surface area contributed by atoms with Crippen LogP contribution in [0.25, 0.3) is 5.69 Å². The maximum atomic E-state index is 14.1. The van der Waals surface area contributed by atoms with E-state index in [1.165, 1.54) is 24.4 Å². The number of amides is 1. The SMILES string of the molecule is Cc1c(C(=O)NCC(C)(C)c2ccccc2F)cnn1-c1ccc(F)cc1. The van der Waals surface area contributed by atoms with Gasteiger partial charge in [-0.25, -0.2) is 13.5 Å². The van der Waals surface area contributed by atoms with E-state index >= 15 is 0 Å². The molecule has 0 unspecified atom stereocenters. The molecule has 0 radical (unpaired) electrons. The Morgan fingerprint density at radius 2 is 1.78 bits per heavy atom. The number of hydrogen-bond acceptors (Lipinski definition) is 2. The van der Waals surface area contributed by atoms with Crippen molar-refractivity contribution in [3.8, 4) is 5.69 Å². The lowest BCUT2D eigenvalue weighted by atomic mass is 9.84. The number of halogens is 2. The van der Waals surface area contributed by atoms with Crippen molar-refractivity contribution in [3.63, 3.8) is 0 Å². The fraction of sp³-hybridized carbons (Fsp3) is 0.238. The molecule has 3 rings (SSSR count). The molecule has 0 spiro atoms. The first-order valence-electron chi connectivity index (χ1n) is 8.63. The molecule has 0 saturated heterocycles. The van der Waals surface area contributed by atoms with Gasteiger partial charge in [0, 0.05) is 12.0 Å². The fourth-order valence-corrected chi connectivity index (χ4v) is 2.98. The van der Waals surface area contributed by atoms with Gasteiger partial charge < -0.3 is 5.32 Å². The molecule has 1 aromatic heterocycles. The van der Waals surface area contributed by atoms with Crippen molar-refractivity contribution in [1.29, 1.82) is 0 Å².